The first-order valence-corrected chi connectivity index (χ1v) is 11.1. The monoisotopic (exact) mass is 427 g/mol. The molecule has 0 amide bonds. The van der Waals surface area contributed by atoms with Crippen LogP contribution in [0, 0.1) is 5.92 Å². The number of pyridine rings is 2. The van der Waals surface area contributed by atoms with Crippen molar-refractivity contribution >= 4 is 5.97 Å². The molecule has 0 aliphatic carbocycles. The highest BCUT2D eigenvalue weighted by molar-refractivity contribution is 5.93. The van der Waals surface area contributed by atoms with Crippen molar-refractivity contribution in [2.75, 3.05) is 33.4 Å². The van der Waals surface area contributed by atoms with Gasteiger partial charge in [-0.05, 0) is 43.4 Å². The van der Waals surface area contributed by atoms with Gasteiger partial charge < -0.3 is 18.9 Å². The fourth-order valence-corrected chi connectivity index (χ4v) is 3.90. The molecule has 7 nitrogen and oxygen atoms in total. The largest absolute Gasteiger partial charge is 0.492 e. The molecule has 0 aromatic carbocycles. The van der Waals surface area contributed by atoms with Crippen molar-refractivity contribution in [3.63, 3.8) is 0 Å². The van der Waals surface area contributed by atoms with E-state index in [1.54, 1.807) is 10.8 Å². The zero-order valence-electron chi connectivity index (χ0n) is 18.8. The lowest BCUT2D eigenvalue weighted by Crippen LogP contribution is -2.30. The minimum Gasteiger partial charge on any atom is -0.492 e. The molecule has 0 radical (unpaired) electrons. The lowest BCUT2D eigenvalue weighted by Gasteiger charge is -2.20. The third kappa shape index (κ3) is 6.17. The second-order valence-corrected chi connectivity index (χ2v) is 8.40. The van der Waals surface area contributed by atoms with E-state index >= 15 is 0 Å². The maximum absolute atomic E-state index is 12.8. The molecule has 2 aromatic rings. The van der Waals surface area contributed by atoms with Crippen LogP contribution in [-0.2, 0) is 24.1 Å². The van der Waals surface area contributed by atoms with E-state index in [1.807, 2.05) is 18.3 Å². The molecule has 0 spiro atoms. The summed E-state index contributed by atoms with van der Waals surface area (Å²) in [6.07, 6.45) is 6.88. The first-order valence-electron chi connectivity index (χ1n) is 11.1. The number of methoxy groups -OCH3 is 1. The quantitative estimate of drug-likeness (QED) is 0.453. The minimum atomic E-state index is -0.457. The van der Waals surface area contributed by atoms with Crippen molar-refractivity contribution in [2.24, 2.45) is 5.92 Å². The van der Waals surface area contributed by atoms with Gasteiger partial charge in [-0.1, -0.05) is 19.9 Å². The van der Waals surface area contributed by atoms with E-state index in [0.29, 0.717) is 42.5 Å². The first kappa shape index (κ1) is 23.0. The summed E-state index contributed by atoms with van der Waals surface area (Å²) in [5, 5.41) is 0. The Morgan fingerprint density at radius 3 is 2.81 bits per heavy atom. The number of fused-ring (bicyclic) bond motifs is 1. The number of hydrogen-bond donors (Lipinski definition) is 0. The molecule has 1 aliphatic heterocycles. The van der Waals surface area contributed by atoms with Crippen LogP contribution in [0.25, 0.3) is 0 Å². The van der Waals surface area contributed by atoms with Crippen molar-refractivity contribution in [3.05, 3.63) is 57.8 Å². The number of rotatable bonds is 9. The number of aryl methyl sites for hydroxylation is 1. The predicted molar refractivity (Wildman–Crippen MR) is 120 cm³/mol. The summed E-state index contributed by atoms with van der Waals surface area (Å²) >= 11 is 0. The van der Waals surface area contributed by atoms with Crippen LogP contribution in [0.15, 0.2) is 35.4 Å². The summed E-state index contributed by atoms with van der Waals surface area (Å²) in [6, 6.07) is 5.36. The van der Waals surface area contributed by atoms with Crippen molar-refractivity contribution in [1.82, 2.24) is 14.5 Å². The van der Waals surface area contributed by atoms with Crippen LogP contribution < -0.4 is 10.3 Å². The van der Waals surface area contributed by atoms with E-state index in [9.17, 15) is 9.59 Å². The zero-order valence-corrected chi connectivity index (χ0v) is 18.8. The summed E-state index contributed by atoms with van der Waals surface area (Å²) in [4.78, 5) is 32.0. The van der Waals surface area contributed by atoms with Gasteiger partial charge >= 0.3 is 5.97 Å². The van der Waals surface area contributed by atoms with Crippen LogP contribution >= 0.6 is 0 Å². The number of carbonyl (C=O) groups is 1. The van der Waals surface area contributed by atoms with Crippen LogP contribution in [0.1, 0.15) is 48.3 Å². The van der Waals surface area contributed by atoms with E-state index in [4.69, 9.17) is 9.47 Å². The molecule has 2 aromatic heterocycles. The number of carbonyl (C=O) groups excluding carboxylic acids is 1. The van der Waals surface area contributed by atoms with E-state index in [-0.39, 0.29) is 5.56 Å². The summed E-state index contributed by atoms with van der Waals surface area (Å²) in [5.41, 5.74) is 2.10. The highest BCUT2D eigenvalue weighted by Crippen LogP contribution is 2.24. The predicted octanol–water partition coefficient (Wildman–Crippen LogP) is 2.95. The molecular weight excluding hydrogens is 394 g/mol. The molecule has 0 atom stereocenters. The third-order valence-electron chi connectivity index (χ3n) is 5.69. The molecule has 0 bridgehead atoms. The molecule has 0 unspecified atom stereocenters. The van der Waals surface area contributed by atoms with Gasteiger partial charge in [0, 0.05) is 50.2 Å². The molecule has 1 aliphatic rings. The van der Waals surface area contributed by atoms with Crippen LogP contribution in [0.5, 0.6) is 5.75 Å². The molecule has 3 rings (SSSR count). The maximum atomic E-state index is 12.8. The summed E-state index contributed by atoms with van der Waals surface area (Å²) in [5.74, 6) is 0.497. The lowest BCUT2D eigenvalue weighted by atomic mass is 10.1. The van der Waals surface area contributed by atoms with Gasteiger partial charge in [0.15, 0.2) is 0 Å². The summed E-state index contributed by atoms with van der Waals surface area (Å²) in [7, 11) is 1.36. The van der Waals surface area contributed by atoms with Crippen LogP contribution in [-0.4, -0.2) is 53.8 Å². The molecule has 0 saturated heterocycles. The summed E-state index contributed by atoms with van der Waals surface area (Å²) in [6.45, 7) is 7.99. The SMILES string of the molecule is COC(=O)c1c(OCCCc2cccnc2)cc(=O)n2c1CCN(CCC(C)C)CC2. The maximum Gasteiger partial charge on any atom is 0.343 e. The Kier molecular flexibility index (Phi) is 8.23. The standard InChI is InChI=1S/C24H33N3O4/c1-18(2)8-11-26-12-9-20-23(24(29)30-3)21(16-22(28)27(20)14-13-26)31-15-5-7-19-6-4-10-25-17-19/h4,6,10,16-18H,5,7-9,11-15H2,1-3H3. The average Bonchev–Trinajstić information content (AvgIpc) is 2.99. The molecule has 0 N–H and O–H groups in total. The Bertz CT molecular complexity index is 924. The fourth-order valence-electron chi connectivity index (χ4n) is 3.90. The van der Waals surface area contributed by atoms with Gasteiger partial charge in [0.1, 0.15) is 11.3 Å². The highest BCUT2D eigenvalue weighted by atomic mass is 16.5. The molecule has 168 valence electrons. The normalized spacial score (nSPS) is 14.2. The minimum absolute atomic E-state index is 0.129. The van der Waals surface area contributed by atoms with Crippen LogP contribution in [0.2, 0.25) is 0 Å². The topological polar surface area (TPSA) is 73.7 Å². The number of ether oxygens (including phenoxy) is 2. The van der Waals surface area contributed by atoms with E-state index < -0.39 is 5.97 Å². The van der Waals surface area contributed by atoms with Crippen molar-refractivity contribution in [1.29, 1.82) is 0 Å². The van der Waals surface area contributed by atoms with Gasteiger partial charge in [0.05, 0.1) is 13.7 Å². The summed E-state index contributed by atoms with van der Waals surface area (Å²) < 4.78 is 12.7. The number of esters is 1. The van der Waals surface area contributed by atoms with Crippen molar-refractivity contribution < 1.29 is 14.3 Å². The second-order valence-electron chi connectivity index (χ2n) is 8.40. The van der Waals surface area contributed by atoms with Gasteiger partial charge in [-0.2, -0.15) is 0 Å². The number of nitrogens with zero attached hydrogens (tertiary/aromatic N) is 3. The molecule has 0 saturated carbocycles. The van der Waals surface area contributed by atoms with E-state index in [2.05, 4.69) is 23.7 Å². The van der Waals surface area contributed by atoms with Gasteiger partial charge in [0.2, 0.25) is 0 Å². The Labute approximate surface area is 184 Å². The van der Waals surface area contributed by atoms with E-state index in [1.165, 1.54) is 13.2 Å². The molecule has 7 heteroatoms. The van der Waals surface area contributed by atoms with E-state index in [0.717, 1.165) is 44.5 Å². The molecule has 0 fully saturated rings. The Morgan fingerprint density at radius 1 is 1.26 bits per heavy atom. The highest BCUT2D eigenvalue weighted by Gasteiger charge is 2.26. The third-order valence-corrected chi connectivity index (χ3v) is 5.69. The van der Waals surface area contributed by atoms with Crippen molar-refractivity contribution in [3.8, 4) is 5.75 Å². The zero-order chi connectivity index (χ0) is 22.2. The van der Waals surface area contributed by atoms with Gasteiger partial charge in [-0.3, -0.25) is 9.78 Å². The van der Waals surface area contributed by atoms with Gasteiger partial charge in [-0.15, -0.1) is 0 Å². The Morgan fingerprint density at radius 2 is 2.10 bits per heavy atom. The lowest BCUT2D eigenvalue weighted by molar-refractivity contribution is 0.0593. The number of hydrogen-bond acceptors (Lipinski definition) is 6. The Balaban J connectivity index is 1.76. The average molecular weight is 428 g/mol. The van der Waals surface area contributed by atoms with Gasteiger partial charge in [0.25, 0.3) is 5.56 Å². The Hall–Kier alpha value is -2.67. The first-order chi connectivity index (χ1) is 15.0. The van der Waals surface area contributed by atoms with Crippen LogP contribution in [0.4, 0.5) is 0 Å². The van der Waals surface area contributed by atoms with Crippen molar-refractivity contribution in [2.45, 2.75) is 46.1 Å². The molecular formula is C24H33N3O4. The number of aromatic nitrogens is 2. The molecule has 3 heterocycles. The van der Waals surface area contributed by atoms with Crippen LogP contribution in [0.3, 0.4) is 0 Å². The second kappa shape index (κ2) is 11.1. The van der Waals surface area contributed by atoms with Gasteiger partial charge in [-0.25, -0.2) is 4.79 Å². The smallest absolute Gasteiger partial charge is 0.343 e. The molecule has 31 heavy (non-hydrogen) atoms. The fraction of sp³-hybridized carbons (Fsp3) is 0.542.